The minimum absolute atomic E-state index is 1.20. The zero-order valence-electron chi connectivity index (χ0n) is 11.6. The van der Waals surface area contributed by atoms with E-state index in [0.717, 1.165) is 0 Å². The average molecular weight is 365 g/mol. The van der Waals surface area contributed by atoms with Gasteiger partial charge in [0, 0.05) is 0 Å². The second kappa shape index (κ2) is 6.25. The Kier molecular flexibility index (Phi) is 4.90. The second-order valence-electron chi connectivity index (χ2n) is 5.86. The molecule has 96 valence electrons. The van der Waals surface area contributed by atoms with Gasteiger partial charge in [-0.2, -0.15) is 0 Å². The van der Waals surface area contributed by atoms with Crippen LogP contribution in [-0.2, 0) is 12.8 Å². The molecule has 1 aromatic heterocycles. The number of thiophene rings is 1. The van der Waals surface area contributed by atoms with Crippen molar-refractivity contribution in [2.24, 2.45) is 0 Å². The van der Waals surface area contributed by atoms with Gasteiger partial charge in [-0.3, -0.25) is 0 Å². The van der Waals surface area contributed by atoms with Crippen LogP contribution in [0.3, 0.4) is 0 Å². The van der Waals surface area contributed by atoms with Crippen LogP contribution in [-0.4, -0.2) is 18.4 Å². The molecule has 0 unspecified atom stereocenters. The van der Waals surface area contributed by atoms with Crippen molar-refractivity contribution in [2.75, 3.05) is 0 Å². The van der Waals surface area contributed by atoms with E-state index in [1.54, 1.807) is 7.77 Å². The SMILES string of the molecule is [CH3][Sn]([CH3])([CH3])[c]1ccc(CCCc2ccccc2)s1. The summed E-state index contributed by atoms with van der Waals surface area (Å²) in [6.07, 6.45) is 3.71. The Bertz CT molecular complexity index is 479. The Morgan fingerprint density at radius 2 is 1.61 bits per heavy atom. The van der Waals surface area contributed by atoms with E-state index in [1.165, 1.54) is 24.8 Å². The van der Waals surface area contributed by atoms with Gasteiger partial charge in [-0.15, -0.1) is 0 Å². The van der Waals surface area contributed by atoms with Gasteiger partial charge < -0.3 is 0 Å². The zero-order chi connectivity index (χ0) is 13.0. The van der Waals surface area contributed by atoms with Gasteiger partial charge in [-0.25, -0.2) is 0 Å². The van der Waals surface area contributed by atoms with Crippen LogP contribution in [0.25, 0.3) is 0 Å². The van der Waals surface area contributed by atoms with Crippen LogP contribution in [0.15, 0.2) is 42.5 Å². The fraction of sp³-hybridized carbons (Fsp3) is 0.375. The maximum absolute atomic E-state index is 2.49. The zero-order valence-corrected chi connectivity index (χ0v) is 15.2. The molecule has 2 rings (SSSR count). The quantitative estimate of drug-likeness (QED) is 0.686. The summed E-state index contributed by atoms with van der Waals surface area (Å²) >= 11 is 0.259. The number of aryl methyl sites for hydroxylation is 2. The molecule has 0 spiro atoms. The topological polar surface area (TPSA) is 0 Å². The van der Waals surface area contributed by atoms with E-state index in [2.05, 4.69) is 68.6 Å². The fourth-order valence-corrected chi connectivity index (χ4v) is 8.54. The fourth-order valence-electron chi connectivity index (χ4n) is 2.03. The third-order valence-corrected chi connectivity index (χ3v) is 13.8. The standard InChI is InChI=1S/C13H13S.3CH3.Sn/c1-2-6-12(7-3-1)8-4-9-13-10-5-11-14-13;;;;/h1-3,5-7,10H,4,8-9H2;3*1H3;. The predicted octanol–water partition coefficient (Wildman–Crippen LogP) is 4.47. The van der Waals surface area contributed by atoms with Crippen LogP contribution < -0.4 is 2.89 Å². The van der Waals surface area contributed by atoms with Crippen LogP contribution >= 0.6 is 11.3 Å². The number of rotatable bonds is 5. The van der Waals surface area contributed by atoms with E-state index in [4.69, 9.17) is 0 Å². The van der Waals surface area contributed by atoms with Crippen LogP contribution in [0.1, 0.15) is 16.9 Å². The Morgan fingerprint density at radius 1 is 0.889 bits per heavy atom. The Hall–Kier alpha value is -0.281. The molecule has 0 amide bonds. The monoisotopic (exact) mass is 366 g/mol. The molecule has 0 aliphatic carbocycles. The molecule has 18 heavy (non-hydrogen) atoms. The minimum atomic E-state index is -1.81. The molecular weight excluding hydrogens is 343 g/mol. The van der Waals surface area contributed by atoms with Crippen molar-refractivity contribution in [3.8, 4) is 0 Å². The van der Waals surface area contributed by atoms with E-state index in [9.17, 15) is 0 Å². The summed E-state index contributed by atoms with van der Waals surface area (Å²) in [7, 11) is 0. The molecule has 0 nitrogen and oxygen atoms in total. The van der Waals surface area contributed by atoms with Gasteiger partial charge in [0.05, 0.1) is 0 Å². The molecule has 2 heteroatoms. The molecule has 0 N–H and O–H groups in total. The number of benzene rings is 1. The predicted molar refractivity (Wildman–Crippen MR) is 85.8 cm³/mol. The summed E-state index contributed by atoms with van der Waals surface area (Å²) < 4.78 is 1.71. The molecule has 0 atom stereocenters. The summed E-state index contributed by atoms with van der Waals surface area (Å²) in [6, 6.07) is 15.5. The Balaban J connectivity index is 1.86. The van der Waals surface area contributed by atoms with Gasteiger partial charge >= 0.3 is 120 Å². The Morgan fingerprint density at radius 3 is 2.22 bits per heavy atom. The average Bonchev–Trinajstić information content (AvgIpc) is 2.79. The van der Waals surface area contributed by atoms with Gasteiger partial charge in [-0.1, -0.05) is 0 Å². The molecule has 0 saturated carbocycles. The van der Waals surface area contributed by atoms with Gasteiger partial charge in [0.2, 0.25) is 0 Å². The third-order valence-electron chi connectivity index (χ3n) is 3.13. The first-order chi connectivity index (χ1) is 8.55. The van der Waals surface area contributed by atoms with Crippen LogP contribution in [0, 0.1) is 0 Å². The first-order valence-corrected chi connectivity index (χ1v) is 17.5. The van der Waals surface area contributed by atoms with Crippen LogP contribution in [0.2, 0.25) is 14.8 Å². The third kappa shape index (κ3) is 4.13. The van der Waals surface area contributed by atoms with E-state index in [1.807, 2.05) is 0 Å². The summed E-state index contributed by atoms with van der Waals surface area (Å²) in [5, 5.41) is 0. The van der Waals surface area contributed by atoms with Crippen LogP contribution in [0.4, 0.5) is 0 Å². The van der Waals surface area contributed by atoms with E-state index >= 15 is 0 Å². The normalized spacial score (nSPS) is 11.7. The molecule has 0 saturated heterocycles. The molecule has 0 bridgehead atoms. The Labute approximate surface area is 119 Å². The first kappa shape index (κ1) is 14.1. The van der Waals surface area contributed by atoms with Crippen molar-refractivity contribution in [1.29, 1.82) is 0 Å². The summed E-state index contributed by atoms with van der Waals surface area (Å²) in [5.74, 6) is 0. The van der Waals surface area contributed by atoms with Gasteiger partial charge in [0.15, 0.2) is 0 Å². The first-order valence-electron chi connectivity index (χ1n) is 6.69. The van der Waals surface area contributed by atoms with Crippen molar-refractivity contribution >= 4 is 32.6 Å². The van der Waals surface area contributed by atoms with Gasteiger partial charge in [0.1, 0.15) is 0 Å². The molecule has 1 heterocycles. The molecule has 0 fully saturated rings. The van der Waals surface area contributed by atoms with E-state index in [-0.39, 0.29) is 0 Å². The van der Waals surface area contributed by atoms with Crippen molar-refractivity contribution < 1.29 is 0 Å². The summed E-state index contributed by atoms with van der Waals surface area (Å²) in [4.78, 5) is 9.06. The number of hydrogen-bond acceptors (Lipinski definition) is 1. The van der Waals surface area contributed by atoms with E-state index < -0.39 is 18.4 Å². The maximum atomic E-state index is 2.49. The molecule has 0 radical (unpaired) electrons. The molecule has 0 aliphatic heterocycles. The van der Waals surface area contributed by atoms with Crippen molar-refractivity contribution in [2.45, 2.75) is 34.1 Å². The molecule has 0 aliphatic rings. The van der Waals surface area contributed by atoms with Crippen molar-refractivity contribution in [3.05, 3.63) is 52.9 Å². The van der Waals surface area contributed by atoms with Crippen molar-refractivity contribution in [1.82, 2.24) is 0 Å². The number of hydrogen-bond donors (Lipinski definition) is 0. The molecular formula is C16H22SSn. The molecule has 2 aromatic rings. The van der Waals surface area contributed by atoms with E-state index in [0.29, 0.717) is 0 Å². The summed E-state index contributed by atoms with van der Waals surface area (Å²) in [5.41, 5.74) is 1.46. The van der Waals surface area contributed by atoms with Crippen molar-refractivity contribution in [3.63, 3.8) is 0 Å². The van der Waals surface area contributed by atoms with Gasteiger partial charge in [0.25, 0.3) is 0 Å². The van der Waals surface area contributed by atoms with Crippen LogP contribution in [0.5, 0.6) is 0 Å². The molecule has 1 aromatic carbocycles. The second-order valence-corrected chi connectivity index (χ2v) is 22.4. The summed E-state index contributed by atoms with van der Waals surface area (Å²) in [6.45, 7) is 0. The van der Waals surface area contributed by atoms with Gasteiger partial charge in [-0.05, 0) is 0 Å².